The van der Waals surface area contributed by atoms with Crippen molar-refractivity contribution in [2.24, 2.45) is 5.41 Å². The summed E-state index contributed by atoms with van der Waals surface area (Å²) in [7, 11) is 0. The number of terminal acetylenes is 1. The summed E-state index contributed by atoms with van der Waals surface area (Å²) in [6.45, 7) is 2.72. The van der Waals surface area contributed by atoms with Crippen molar-refractivity contribution in [2.75, 3.05) is 11.9 Å². The molecule has 1 spiro atoms. The van der Waals surface area contributed by atoms with Gasteiger partial charge in [0.1, 0.15) is 17.4 Å². The lowest BCUT2D eigenvalue weighted by molar-refractivity contribution is -0.135. The molecule has 3 atom stereocenters. The summed E-state index contributed by atoms with van der Waals surface area (Å²) in [5.41, 5.74) is -0.334. The molecule has 202 valence electrons. The van der Waals surface area contributed by atoms with Crippen LogP contribution in [0.1, 0.15) is 42.7 Å². The summed E-state index contributed by atoms with van der Waals surface area (Å²) in [6, 6.07) is 10.3. The Morgan fingerprint density at radius 2 is 2.03 bits per heavy atom. The minimum absolute atomic E-state index is 0.0560. The molecule has 0 saturated carbocycles. The first-order valence-corrected chi connectivity index (χ1v) is 13.3. The Bertz CT molecular complexity index is 1540. The first-order chi connectivity index (χ1) is 18.4. The minimum atomic E-state index is -1.78. The third-order valence-electron chi connectivity index (χ3n) is 7.37. The van der Waals surface area contributed by atoms with Crippen molar-refractivity contribution < 1.29 is 18.8 Å². The SMILES string of the molecule is C#C[C@@H]1C[C@@]2(Cc3ccccc3NC2=O)CN1C(=O)[C@H](CC(C)(C)F)NC(=O)c1cc2c(Cl)cc(Cl)cc2[nH]1. The molecule has 2 aromatic carbocycles. The molecule has 0 unspecified atom stereocenters. The van der Waals surface area contributed by atoms with Crippen LogP contribution in [0, 0.1) is 17.8 Å². The van der Waals surface area contributed by atoms with Crippen LogP contribution in [0.5, 0.6) is 0 Å². The van der Waals surface area contributed by atoms with E-state index in [0.717, 1.165) is 11.3 Å². The Hall–Kier alpha value is -3.54. The lowest BCUT2D eigenvalue weighted by atomic mass is 9.76. The number of benzene rings is 2. The van der Waals surface area contributed by atoms with Crippen LogP contribution in [0.2, 0.25) is 10.0 Å². The van der Waals surface area contributed by atoms with E-state index in [-0.39, 0.29) is 31.0 Å². The van der Waals surface area contributed by atoms with Gasteiger partial charge >= 0.3 is 0 Å². The molecule has 0 aliphatic carbocycles. The van der Waals surface area contributed by atoms with Gasteiger partial charge in [0, 0.05) is 34.6 Å². The van der Waals surface area contributed by atoms with E-state index in [1.165, 1.54) is 18.7 Å². The number of likely N-dealkylation sites (tertiary alicyclic amines) is 1. The van der Waals surface area contributed by atoms with Crippen LogP contribution < -0.4 is 10.6 Å². The van der Waals surface area contributed by atoms with Crippen molar-refractivity contribution in [3.63, 3.8) is 0 Å². The Morgan fingerprint density at radius 3 is 2.74 bits per heavy atom. The number of anilines is 1. The van der Waals surface area contributed by atoms with E-state index in [4.69, 9.17) is 29.6 Å². The van der Waals surface area contributed by atoms with Crippen LogP contribution >= 0.6 is 23.2 Å². The molecule has 1 fully saturated rings. The monoisotopic (exact) mass is 568 g/mol. The molecular formula is C29H27Cl2FN4O3. The molecule has 0 radical (unpaired) electrons. The number of para-hydroxylation sites is 1. The molecule has 2 aliphatic rings. The minimum Gasteiger partial charge on any atom is -0.350 e. The van der Waals surface area contributed by atoms with Gasteiger partial charge < -0.3 is 20.5 Å². The molecule has 1 saturated heterocycles. The Morgan fingerprint density at radius 1 is 1.28 bits per heavy atom. The number of H-pyrrole nitrogens is 1. The molecular weight excluding hydrogens is 542 g/mol. The standard InChI is InChI=1S/C29H27Cl2FN4O3/c1-4-18-13-29(12-16-7-5-6-8-21(16)35-27(29)39)15-36(18)26(38)24(14-28(2,3)32)34-25(37)23-11-19-20(31)9-17(30)10-22(19)33-23/h1,5-11,18,24,33H,12-15H2,2-3H3,(H,34,37)(H,35,39)/t18-,24+,29+/m1/s1. The maximum absolute atomic E-state index is 14.9. The molecule has 39 heavy (non-hydrogen) atoms. The van der Waals surface area contributed by atoms with Crippen molar-refractivity contribution in [3.05, 3.63) is 63.8 Å². The summed E-state index contributed by atoms with van der Waals surface area (Å²) < 4.78 is 14.9. The zero-order valence-electron chi connectivity index (χ0n) is 21.4. The Kier molecular flexibility index (Phi) is 6.86. The molecule has 3 N–H and O–H groups in total. The molecule has 3 amide bonds. The lowest BCUT2D eigenvalue weighted by Gasteiger charge is -2.34. The number of carbonyl (C=O) groups excluding carboxylic acids is 3. The summed E-state index contributed by atoms with van der Waals surface area (Å²) in [5, 5.41) is 6.95. The second-order valence-corrected chi connectivity index (χ2v) is 11.7. The summed E-state index contributed by atoms with van der Waals surface area (Å²) in [5.74, 6) is 1.26. The number of hydrogen-bond donors (Lipinski definition) is 3. The van der Waals surface area contributed by atoms with E-state index in [2.05, 4.69) is 21.5 Å². The second kappa shape index (κ2) is 9.89. The van der Waals surface area contributed by atoms with Crippen LogP contribution in [-0.2, 0) is 16.0 Å². The smallest absolute Gasteiger partial charge is 0.268 e. The highest BCUT2D eigenvalue weighted by Crippen LogP contribution is 2.43. The van der Waals surface area contributed by atoms with Gasteiger partial charge in [-0.15, -0.1) is 6.42 Å². The normalized spacial score (nSPS) is 21.4. The summed E-state index contributed by atoms with van der Waals surface area (Å²) in [6.07, 6.45) is 6.20. The van der Waals surface area contributed by atoms with E-state index >= 15 is 0 Å². The number of carbonyl (C=O) groups is 3. The number of nitrogens with zero attached hydrogens (tertiary/aromatic N) is 1. The highest BCUT2D eigenvalue weighted by atomic mass is 35.5. The molecule has 10 heteroatoms. The average molecular weight is 569 g/mol. The van der Waals surface area contributed by atoms with Crippen molar-refractivity contribution >= 4 is 57.5 Å². The van der Waals surface area contributed by atoms with Crippen LogP contribution in [0.15, 0.2) is 42.5 Å². The van der Waals surface area contributed by atoms with Gasteiger partial charge in [0.25, 0.3) is 5.91 Å². The molecule has 7 nitrogen and oxygen atoms in total. The fourth-order valence-corrected chi connectivity index (χ4v) is 6.10. The third-order valence-corrected chi connectivity index (χ3v) is 7.91. The zero-order chi connectivity index (χ0) is 28.1. The average Bonchev–Trinajstić information content (AvgIpc) is 3.46. The van der Waals surface area contributed by atoms with Gasteiger partial charge in [-0.3, -0.25) is 14.4 Å². The van der Waals surface area contributed by atoms with Gasteiger partial charge in [0.15, 0.2) is 0 Å². The highest BCUT2D eigenvalue weighted by Gasteiger charge is 2.53. The second-order valence-electron chi connectivity index (χ2n) is 10.9. The van der Waals surface area contributed by atoms with Crippen molar-refractivity contribution in [2.45, 2.75) is 50.9 Å². The number of alkyl halides is 1. The van der Waals surface area contributed by atoms with Crippen molar-refractivity contribution in [1.29, 1.82) is 0 Å². The van der Waals surface area contributed by atoms with Gasteiger partial charge in [-0.2, -0.15) is 0 Å². The van der Waals surface area contributed by atoms with E-state index in [9.17, 15) is 18.8 Å². The molecule has 2 aliphatic heterocycles. The van der Waals surface area contributed by atoms with Crippen molar-refractivity contribution in [3.8, 4) is 12.3 Å². The van der Waals surface area contributed by atoms with Crippen LogP contribution in [0.25, 0.3) is 10.9 Å². The fourth-order valence-electron chi connectivity index (χ4n) is 5.55. The van der Waals surface area contributed by atoms with E-state index in [1.807, 2.05) is 24.3 Å². The summed E-state index contributed by atoms with van der Waals surface area (Å²) in [4.78, 5) is 44.7. The quantitative estimate of drug-likeness (QED) is 0.372. The number of aromatic nitrogens is 1. The number of rotatable bonds is 5. The molecule has 0 bridgehead atoms. The van der Waals surface area contributed by atoms with Crippen LogP contribution in [0.3, 0.4) is 0 Å². The highest BCUT2D eigenvalue weighted by molar-refractivity contribution is 6.38. The number of amides is 3. The lowest BCUT2D eigenvalue weighted by Crippen LogP contribution is -2.53. The number of fused-ring (bicyclic) bond motifs is 2. The molecule has 1 aromatic heterocycles. The maximum Gasteiger partial charge on any atom is 0.268 e. The molecule has 3 aromatic rings. The molecule has 5 rings (SSSR count). The Labute approximate surface area is 235 Å². The zero-order valence-corrected chi connectivity index (χ0v) is 22.9. The fraction of sp³-hybridized carbons (Fsp3) is 0.345. The van der Waals surface area contributed by atoms with Crippen LogP contribution in [0.4, 0.5) is 10.1 Å². The largest absolute Gasteiger partial charge is 0.350 e. The predicted octanol–water partition coefficient (Wildman–Crippen LogP) is 5.13. The number of halogens is 3. The maximum atomic E-state index is 14.9. The van der Waals surface area contributed by atoms with Gasteiger partial charge in [-0.1, -0.05) is 47.3 Å². The third kappa shape index (κ3) is 5.21. The van der Waals surface area contributed by atoms with E-state index in [0.29, 0.717) is 27.4 Å². The van der Waals surface area contributed by atoms with E-state index < -0.39 is 35.0 Å². The van der Waals surface area contributed by atoms with Gasteiger partial charge in [0.05, 0.1) is 16.5 Å². The number of hydrogen-bond acceptors (Lipinski definition) is 3. The van der Waals surface area contributed by atoms with Crippen molar-refractivity contribution in [1.82, 2.24) is 15.2 Å². The Balaban J connectivity index is 1.42. The molecule has 3 heterocycles. The topological polar surface area (TPSA) is 94.3 Å². The van der Waals surface area contributed by atoms with Gasteiger partial charge in [-0.25, -0.2) is 4.39 Å². The first kappa shape index (κ1) is 27.0. The predicted molar refractivity (Wildman–Crippen MR) is 150 cm³/mol. The summed E-state index contributed by atoms with van der Waals surface area (Å²) >= 11 is 12.3. The van der Waals surface area contributed by atoms with Gasteiger partial charge in [-0.05, 0) is 56.5 Å². The first-order valence-electron chi connectivity index (χ1n) is 12.5. The van der Waals surface area contributed by atoms with E-state index in [1.54, 1.807) is 18.2 Å². The number of nitrogens with one attached hydrogen (secondary N) is 3. The number of aromatic amines is 1. The van der Waals surface area contributed by atoms with Gasteiger partial charge in [0.2, 0.25) is 11.8 Å². The van der Waals surface area contributed by atoms with Crippen LogP contribution in [-0.4, -0.2) is 51.9 Å².